The molecular formula is C14H11F2NO3S. The van der Waals surface area contributed by atoms with Crippen LogP contribution in [-0.4, -0.2) is 17.9 Å². The zero-order chi connectivity index (χ0) is 15.4. The maximum Gasteiger partial charge on any atom is 0.333 e. The van der Waals surface area contributed by atoms with Crippen molar-refractivity contribution in [3.05, 3.63) is 52.2 Å². The average Bonchev–Trinajstić information content (AvgIpc) is 2.95. The number of nitrogens with one attached hydrogen (secondary N) is 1. The van der Waals surface area contributed by atoms with E-state index < -0.39 is 35.3 Å². The number of benzene rings is 1. The van der Waals surface area contributed by atoms with Crippen molar-refractivity contribution in [1.29, 1.82) is 0 Å². The zero-order valence-electron chi connectivity index (χ0n) is 10.9. The molecule has 0 spiro atoms. The van der Waals surface area contributed by atoms with E-state index in [-0.39, 0.29) is 0 Å². The summed E-state index contributed by atoms with van der Waals surface area (Å²) >= 11 is 1.23. The molecule has 1 aromatic heterocycles. The predicted octanol–water partition coefficient (Wildman–Crippen LogP) is 2.75. The number of carbonyl (C=O) groups is 2. The van der Waals surface area contributed by atoms with Gasteiger partial charge in [0.25, 0.3) is 5.91 Å². The summed E-state index contributed by atoms with van der Waals surface area (Å²) in [4.78, 5) is 24.0. The van der Waals surface area contributed by atoms with E-state index in [1.54, 1.807) is 17.5 Å². The maximum atomic E-state index is 13.4. The van der Waals surface area contributed by atoms with E-state index in [0.717, 1.165) is 12.1 Å². The van der Waals surface area contributed by atoms with Crippen molar-refractivity contribution < 1.29 is 23.1 Å². The molecule has 0 fully saturated rings. The summed E-state index contributed by atoms with van der Waals surface area (Å²) < 4.78 is 30.9. The van der Waals surface area contributed by atoms with Crippen LogP contribution in [-0.2, 0) is 4.79 Å². The van der Waals surface area contributed by atoms with E-state index in [2.05, 4.69) is 5.32 Å². The highest BCUT2D eigenvalue weighted by Crippen LogP contribution is 2.18. The van der Waals surface area contributed by atoms with E-state index in [9.17, 15) is 18.4 Å². The molecule has 1 N–H and O–H groups in total. The molecule has 0 radical (unpaired) electrons. The molecule has 1 unspecified atom stereocenters. The van der Waals surface area contributed by atoms with Crippen LogP contribution in [0.2, 0.25) is 0 Å². The van der Waals surface area contributed by atoms with Gasteiger partial charge in [0.15, 0.2) is 11.6 Å². The maximum absolute atomic E-state index is 13.4. The smallest absolute Gasteiger partial charge is 0.333 e. The number of rotatable bonds is 4. The number of halogens is 2. The van der Waals surface area contributed by atoms with Crippen LogP contribution >= 0.6 is 11.3 Å². The number of carbonyl (C=O) groups excluding carboxylic acids is 2. The fourth-order valence-corrected chi connectivity index (χ4v) is 2.12. The van der Waals surface area contributed by atoms with Gasteiger partial charge in [0.1, 0.15) is 11.9 Å². The molecule has 0 bridgehead atoms. The first-order valence-corrected chi connectivity index (χ1v) is 6.86. The molecule has 21 heavy (non-hydrogen) atoms. The Balaban J connectivity index is 1.98. The molecule has 0 aliphatic carbocycles. The molecule has 0 saturated carbocycles. The van der Waals surface area contributed by atoms with Gasteiger partial charge in [-0.25, -0.2) is 13.6 Å². The SMILES string of the molecule is CC(NC(=O)c1cccs1)C(=O)Oc1ccc(F)cc1F. The zero-order valence-corrected chi connectivity index (χ0v) is 11.7. The van der Waals surface area contributed by atoms with Gasteiger partial charge in [-0.3, -0.25) is 4.79 Å². The number of thiophene rings is 1. The van der Waals surface area contributed by atoms with E-state index in [4.69, 9.17) is 4.74 Å². The van der Waals surface area contributed by atoms with Crippen molar-refractivity contribution in [2.75, 3.05) is 0 Å². The summed E-state index contributed by atoms with van der Waals surface area (Å²) in [5.41, 5.74) is 0. The van der Waals surface area contributed by atoms with E-state index in [0.29, 0.717) is 10.9 Å². The van der Waals surface area contributed by atoms with E-state index in [1.165, 1.54) is 18.3 Å². The van der Waals surface area contributed by atoms with Crippen LogP contribution < -0.4 is 10.1 Å². The number of amides is 1. The summed E-state index contributed by atoms with van der Waals surface area (Å²) in [6.45, 7) is 1.41. The largest absolute Gasteiger partial charge is 0.422 e. The Bertz CT molecular complexity index is 658. The summed E-state index contributed by atoms with van der Waals surface area (Å²) in [5.74, 6) is -3.41. The second-order valence-electron chi connectivity index (χ2n) is 4.17. The van der Waals surface area contributed by atoms with Crippen LogP contribution in [0.5, 0.6) is 5.75 Å². The summed E-state index contributed by atoms with van der Waals surface area (Å²) in [7, 11) is 0. The molecule has 4 nitrogen and oxygen atoms in total. The standard InChI is InChI=1S/C14H11F2NO3S/c1-8(17-13(18)12-3-2-6-21-12)14(19)20-11-5-4-9(15)7-10(11)16/h2-8H,1H3,(H,17,18). The molecule has 1 aromatic carbocycles. The van der Waals surface area contributed by atoms with Gasteiger partial charge in [0.05, 0.1) is 4.88 Å². The molecule has 2 aromatic rings. The van der Waals surface area contributed by atoms with Crippen LogP contribution in [0.4, 0.5) is 8.78 Å². The molecule has 1 amide bonds. The van der Waals surface area contributed by atoms with Crippen molar-refractivity contribution in [1.82, 2.24) is 5.32 Å². The summed E-state index contributed by atoms with van der Waals surface area (Å²) in [6, 6.07) is 4.94. The molecule has 7 heteroatoms. The minimum absolute atomic E-state index is 0.390. The first kappa shape index (κ1) is 15.1. The number of hydrogen-bond acceptors (Lipinski definition) is 4. The lowest BCUT2D eigenvalue weighted by Gasteiger charge is -2.13. The van der Waals surface area contributed by atoms with Crippen molar-refractivity contribution >= 4 is 23.2 Å². The third-order valence-corrected chi connectivity index (χ3v) is 3.42. The Morgan fingerprint density at radius 2 is 2.05 bits per heavy atom. The lowest BCUT2D eigenvalue weighted by atomic mass is 10.3. The molecule has 110 valence electrons. The van der Waals surface area contributed by atoms with Crippen molar-refractivity contribution in [2.24, 2.45) is 0 Å². The molecule has 1 atom stereocenters. The monoisotopic (exact) mass is 311 g/mol. The van der Waals surface area contributed by atoms with Gasteiger partial charge < -0.3 is 10.1 Å². The quantitative estimate of drug-likeness (QED) is 0.698. The average molecular weight is 311 g/mol. The fraction of sp³-hybridized carbons (Fsp3) is 0.143. The van der Waals surface area contributed by atoms with E-state index in [1.807, 2.05) is 0 Å². The molecule has 0 aliphatic rings. The van der Waals surface area contributed by atoms with Gasteiger partial charge in [-0.2, -0.15) is 0 Å². The number of esters is 1. The van der Waals surface area contributed by atoms with Gasteiger partial charge in [0.2, 0.25) is 0 Å². The van der Waals surface area contributed by atoms with Gasteiger partial charge in [-0.05, 0) is 30.5 Å². The highest BCUT2D eigenvalue weighted by molar-refractivity contribution is 7.12. The lowest BCUT2D eigenvalue weighted by molar-refractivity contribution is -0.136. The third kappa shape index (κ3) is 3.85. The first-order valence-electron chi connectivity index (χ1n) is 5.98. The second kappa shape index (κ2) is 6.45. The van der Waals surface area contributed by atoms with Crippen LogP contribution in [0.25, 0.3) is 0 Å². The second-order valence-corrected chi connectivity index (χ2v) is 5.12. The Hall–Kier alpha value is -2.28. The molecule has 0 saturated heterocycles. The van der Waals surface area contributed by atoms with Crippen molar-refractivity contribution in [2.45, 2.75) is 13.0 Å². The Labute approximate surface area is 123 Å². The minimum atomic E-state index is -0.986. The van der Waals surface area contributed by atoms with Crippen LogP contribution in [0.1, 0.15) is 16.6 Å². The van der Waals surface area contributed by atoms with Crippen LogP contribution in [0.15, 0.2) is 35.7 Å². The van der Waals surface area contributed by atoms with Gasteiger partial charge in [0, 0.05) is 6.07 Å². The Morgan fingerprint density at radius 1 is 1.29 bits per heavy atom. The molecular weight excluding hydrogens is 300 g/mol. The molecule has 2 rings (SSSR count). The van der Waals surface area contributed by atoms with Crippen molar-refractivity contribution in [3.63, 3.8) is 0 Å². The first-order chi connectivity index (χ1) is 9.97. The number of hydrogen-bond donors (Lipinski definition) is 1. The normalized spacial score (nSPS) is 11.8. The van der Waals surface area contributed by atoms with Crippen LogP contribution in [0, 0.1) is 11.6 Å². The van der Waals surface area contributed by atoms with Gasteiger partial charge in [-0.15, -0.1) is 11.3 Å². The fourth-order valence-electron chi connectivity index (χ4n) is 1.49. The lowest BCUT2D eigenvalue weighted by Crippen LogP contribution is -2.40. The van der Waals surface area contributed by atoms with Gasteiger partial charge >= 0.3 is 5.97 Å². The highest BCUT2D eigenvalue weighted by atomic mass is 32.1. The topological polar surface area (TPSA) is 55.4 Å². The van der Waals surface area contributed by atoms with E-state index >= 15 is 0 Å². The van der Waals surface area contributed by atoms with Gasteiger partial charge in [-0.1, -0.05) is 6.07 Å². The predicted molar refractivity (Wildman–Crippen MR) is 73.2 cm³/mol. The third-order valence-electron chi connectivity index (χ3n) is 2.55. The minimum Gasteiger partial charge on any atom is -0.422 e. The molecule has 0 aliphatic heterocycles. The van der Waals surface area contributed by atoms with Crippen molar-refractivity contribution in [3.8, 4) is 5.75 Å². The number of ether oxygens (including phenoxy) is 1. The Morgan fingerprint density at radius 3 is 2.67 bits per heavy atom. The summed E-state index contributed by atoms with van der Waals surface area (Å²) in [5, 5.41) is 4.16. The summed E-state index contributed by atoms with van der Waals surface area (Å²) in [6.07, 6.45) is 0. The molecule has 1 heterocycles. The Kier molecular flexibility index (Phi) is 4.64. The highest BCUT2D eigenvalue weighted by Gasteiger charge is 2.20. The van der Waals surface area contributed by atoms with Crippen LogP contribution in [0.3, 0.4) is 0 Å².